The Morgan fingerprint density at radius 3 is 2.36 bits per heavy atom. The topological polar surface area (TPSA) is 72.3 Å². The van der Waals surface area contributed by atoms with E-state index >= 15 is 0 Å². The van der Waals surface area contributed by atoms with Crippen LogP contribution in [-0.2, 0) is 5.54 Å². The summed E-state index contributed by atoms with van der Waals surface area (Å²) in [6.45, 7) is 5.62. The highest BCUT2D eigenvalue weighted by Crippen LogP contribution is 2.25. The third kappa shape index (κ3) is 1.89. The molecule has 1 rings (SSSR count). The third-order valence-corrected chi connectivity index (χ3v) is 2.56. The fraction of sp³-hybridized carbons (Fsp3) is 0.455. The maximum absolute atomic E-state index is 9.18. The second-order valence-electron chi connectivity index (χ2n) is 4.10. The number of benzene rings is 1. The first kappa shape index (κ1) is 11.0. The van der Waals surface area contributed by atoms with Crippen LogP contribution >= 0.6 is 0 Å². The zero-order valence-corrected chi connectivity index (χ0v) is 8.96. The fourth-order valence-corrected chi connectivity index (χ4v) is 1.54. The van der Waals surface area contributed by atoms with Crippen LogP contribution in [0.2, 0.25) is 0 Å². The molecule has 0 radical (unpaired) electrons. The number of aryl methyl sites for hydroxylation is 2. The Labute approximate surface area is 84.7 Å². The number of aliphatic hydroxyl groups excluding tert-OH is 1. The van der Waals surface area contributed by atoms with E-state index in [1.165, 1.54) is 0 Å². The Bertz CT molecular complexity index is 345. The SMILES string of the molecule is Cc1cc([C@@](C)(N)CO)c(C)cc1N. The largest absolute Gasteiger partial charge is 0.399 e. The van der Waals surface area contributed by atoms with Crippen LogP contribution in [0.4, 0.5) is 5.69 Å². The van der Waals surface area contributed by atoms with Gasteiger partial charge in [0.1, 0.15) is 0 Å². The molecule has 0 saturated heterocycles. The first-order chi connectivity index (χ1) is 6.38. The standard InChI is InChI=1S/C11H18N2O/c1-7-5-10(12)8(2)4-9(7)11(3,13)6-14/h4-5,14H,6,12-13H2,1-3H3/t11-/m0/s1. The van der Waals surface area contributed by atoms with E-state index in [-0.39, 0.29) is 6.61 Å². The Hall–Kier alpha value is -1.06. The smallest absolute Gasteiger partial charge is 0.0650 e. The van der Waals surface area contributed by atoms with Crippen LogP contribution in [0.15, 0.2) is 12.1 Å². The van der Waals surface area contributed by atoms with E-state index < -0.39 is 5.54 Å². The molecule has 0 aliphatic heterocycles. The second-order valence-corrected chi connectivity index (χ2v) is 4.10. The molecule has 5 N–H and O–H groups in total. The Morgan fingerprint density at radius 2 is 1.86 bits per heavy atom. The van der Waals surface area contributed by atoms with Gasteiger partial charge in [0.2, 0.25) is 0 Å². The summed E-state index contributed by atoms with van der Waals surface area (Å²) in [6, 6.07) is 3.84. The molecule has 78 valence electrons. The molecule has 0 bridgehead atoms. The summed E-state index contributed by atoms with van der Waals surface area (Å²) in [7, 11) is 0. The summed E-state index contributed by atoms with van der Waals surface area (Å²) in [5.41, 5.74) is 14.8. The summed E-state index contributed by atoms with van der Waals surface area (Å²) >= 11 is 0. The fourth-order valence-electron chi connectivity index (χ4n) is 1.54. The highest BCUT2D eigenvalue weighted by Gasteiger charge is 2.22. The first-order valence-corrected chi connectivity index (χ1v) is 4.65. The molecule has 1 aromatic carbocycles. The van der Waals surface area contributed by atoms with E-state index in [9.17, 15) is 5.11 Å². The third-order valence-electron chi connectivity index (χ3n) is 2.56. The van der Waals surface area contributed by atoms with Crippen LogP contribution < -0.4 is 11.5 Å². The van der Waals surface area contributed by atoms with Crippen molar-refractivity contribution in [3.63, 3.8) is 0 Å². The maximum atomic E-state index is 9.18. The van der Waals surface area contributed by atoms with Crippen molar-refractivity contribution in [3.8, 4) is 0 Å². The van der Waals surface area contributed by atoms with E-state index in [1.807, 2.05) is 32.9 Å². The summed E-state index contributed by atoms with van der Waals surface area (Å²) in [5, 5.41) is 9.18. The van der Waals surface area contributed by atoms with Crippen molar-refractivity contribution >= 4 is 5.69 Å². The van der Waals surface area contributed by atoms with E-state index in [1.54, 1.807) is 0 Å². The van der Waals surface area contributed by atoms with E-state index in [0.717, 1.165) is 22.4 Å². The van der Waals surface area contributed by atoms with Gasteiger partial charge in [-0.1, -0.05) is 6.07 Å². The monoisotopic (exact) mass is 194 g/mol. The lowest BCUT2D eigenvalue weighted by Gasteiger charge is -2.25. The molecule has 1 aromatic rings. The lowest BCUT2D eigenvalue weighted by molar-refractivity contribution is 0.209. The van der Waals surface area contributed by atoms with Gasteiger partial charge < -0.3 is 16.6 Å². The van der Waals surface area contributed by atoms with Gasteiger partial charge in [-0.3, -0.25) is 0 Å². The van der Waals surface area contributed by atoms with Gasteiger partial charge in [-0.15, -0.1) is 0 Å². The minimum absolute atomic E-state index is 0.0722. The first-order valence-electron chi connectivity index (χ1n) is 4.65. The van der Waals surface area contributed by atoms with Crippen LogP contribution in [0, 0.1) is 13.8 Å². The van der Waals surface area contributed by atoms with Crippen molar-refractivity contribution in [1.29, 1.82) is 0 Å². The molecule has 0 saturated carbocycles. The zero-order chi connectivity index (χ0) is 10.9. The number of nitrogen functional groups attached to an aromatic ring is 1. The van der Waals surface area contributed by atoms with Crippen molar-refractivity contribution < 1.29 is 5.11 Å². The minimum atomic E-state index is -0.692. The molecule has 0 aliphatic carbocycles. The number of nitrogens with two attached hydrogens (primary N) is 2. The number of rotatable bonds is 2. The number of hydrogen-bond acceptors (Lipinski definition) is 3. The number of anilines is 1. The van der Waals surface area contributed by atoms with Gasteiger partial charge in [0.15, 0.2) is 0 Å². The van der Waals surface area contributed by atoms with Gasteiger partial charge in [0.25, 0.3) is 0 Å². The molecular weight excluding hydrogens is 176 g/mol. The summed E-state index contributed by atoms with van der Waals surface area (Å²) in [6.07, 6.45) is 0. The Balaban J connectivity index is 3.29. The molecule has 0 aliphatic rings. The van der Waals surface area contributed by atoms with E-state index in [4.69, 9.17) is 11.5 Å². The molecular formula is C11H18N2O. The van der Waals surface area contributed by atoms with Crippen LogP contribution in [0.5, 0.6) is 0 Å². The lowest BCUT2D eigenvalue weighted by Crippen LogP contribution is -2.37. The normalized spacial score (nSPS) is 15.2. The molecule has 0 amide bonds. The molecule has 3 nitrogen and oxygen atoms in total. The molecule has 1 atom stereocenters. The molecule has 3 heteroatoms. The van der Waals surface area contributed by atoms with Gasteiger partial charge in [0.05, 0.1) is 12.1 Å². The lowest BCUT2D eigenvalue weighted by atomic mass is 9.88. The minimum Gasteiger partial charge on any atom is -0.399 e. The molecule has 14 heavy (non-hydrogen) atoms. The quantitative estimate of drug-likeness (QED) is 0.616. The van der Waals surface area contributed by atoms with Crippen LogP contribution in [0.3, 0.4) is 0 Å². The van der Waals surface area contributed by atoms with Gasteiger partial charge >= 0.3 is 0 Å². The predicted molar refractivity (Wildman–Crippen MR) is 59.0 cm³/mol. The zero-order valence-electron chi connectivity index (χ0n) is 8.96. The highest BCUT2D eigenvalue weighted by atomic mass is 16.3. The molecule has 0 aromatic heterocycles. The van der Waals surface area contributed by atoms with Crippen molar-refractivity contribution in [1.82, 2.24) is 0 Å². The van der Waals surface area contributed by atoms with Crippen molar-refractivity contribution in [2.75, 3.05) is 12.3 Å². The van der Waals surface area contributed by atoms with Crippen LogP contribution in [0.25, 0.3) is 0 Å². The van der Waals surface area contributed by atoms with Gasteiger partial charge in [-0.05, 0) is 43.5 Å². The van der Waals surface area contributed by atoms with Gasteiger partial charge in [-0.2, -0.15) is 0 Å². The Morgan fingerprint density at radius 1 is 1.29 bits per heavy atom. The summed E-state index contributed by atoms with van der Waals surface area (Å²) in [5.74, 6) is 0. The van der Waals surface area contributed by atoms with Crippen LogP contribution in [0.1, 0.15) is 23.6 Å². The van der Waals surface area contributed by atoms with Crippen molar-refractivity contribution in [2.45, 2.75) is 26.3 Å². The van der Waals surface area contributed by atoms with Gasteiger partial charge in [-0.25, -0.2) is 0 Å². The molecule has 0 spiro atoms. The molecule has 0 fully saturated rings. The predicted octanol–water partition coefficient (Wildman–Crippen LogP) is 1.05. The van der Waals surface area contributed by atoms with E-state index in [2.05, 4.69) is 0 Å². The molecule has 0 unspecified atom stereocenters. The number of aliphatic hydroxyl groups is 1. The highest BCUT2D eigenvalue weighted by molar-refractivity contribution is 5.52. The van der Waals surface area contributed by atoms with Gasteiger partial charge in [0, 0.05) is 5.69 Å². The Kier molecular flexibility index (Phi) is 2.83. The summed E-state index contributed by atoms with van der Waals surface area (Å²) in [4.78, 5) is 0. The molecule has 0 heterocycles. The number of hydrogen-bond donors (Lipinski definition) is 3. The average molecular weight is 194 g/mol. The maximum Gasteiger partial charge on any atom is 0.0650 e. The average Bonchev–Trinajstić information content (AvgIpc) is 2.11. The van der Waals surface area contributed by atoms with Crippen LogP contribution in [-0.4, -0.2) is 11.7 Å². The summed E-state index contributed by atoms with van der Waals surface area (Å²) < 4.78 is 0. The van der Waals surface area contributed by atoms with Crippen molar-refractivity contribution in [3.05, 3.63) is 28.8 Å². The van der Waals surface area contributed by atoms with E-state index in [0.29, 0.717) is 0 Å². The van der Waals surface area contributed by atoms with Crippen molar-refractivity contribution in [2.24, 2.45) is 5.73 Å². The second kappa shape index (κ2) is 3.59.